The molecule has 1 N–H and O–H groups in total. The van der Waals surface area contributed by atoms with E-state index in [1.807, 2.05) is 59.5 Å². The van der Waals surface area contributed by atoms with E-state index in [4.69, 9.17) is 9.84 Å². The minimum absolute atomic E-state index is 0.00312. The van der Waals surface area contributed by atoms with Gasteiger partial charge in [-0.3, -0.25) is 9.59 Å². The SMILES string of the molecule is O=C(O)CCCC(=O)N=C1S[C@@H]2CS(=O)(=O)C[C@@H]2N1c1ccc(OCc2ccccc2)cc1. The van der Waals surface area contributed by atoms with Crippen LogP contribution in [0.5, 0.6) is 5.75 Å². The summed E-state index contributed by atoms with van der Waals surface area (Å²) in [5, 5.41) is 9.02. The number of nitrogens with zero attached hydrogens (tertiary/aromatic N) is 2. The van der Waals surface area contributed by atoms with Gasteiger partial charge in [0.25, 0.3) is 0 Å². The van der Waals surface area contributed by atoms with Gasteiger partial charge in [0, 0.05) is 23.8 Å². The van der Waals surface area contributed by atoms with Crippen LogP contribution in [0.25, 0.3) is 0 Å². The molecule has 2 aromatic rings. The first-order valence-electron chi connectivity index (χ1n) is 10.6. The third-order valence-electron chi connectivity index (χ3n) is 5.43. The Morgan fingerprint density at radius 1 is 1.06 bits per heavy atom. The average molecular weight is 489 g/mol. The van der Waals surface area contributed by atoms with Gasteiger partial charge in [-0.15, -0.1) is 0 Å². The third-order valence-corrected chi connectivity index (χ3v) is 8.64. The van der Waals surface area contributed by atoms with Gasteiger partial charge in [-0.1, -0.05) is 42.1 Å². The molecule has 2 aromatic carbocycles. The lowest BCUT2D eigenvalue weighted by Gasteiger charge is -2.24. The zero-order chi connectivity index (χ0) is 23.4. The Labute approximate surface area is 196 Å². The number of aliphatic imine (C=N–C) groups is 1. The predicted molar refractivity (Wildman–Crippen MR) is 127 cm³/mol. The normalized spacial score (nSPS) is 22.3. The highest BCUT2D eigenvalue weighted by Crippen LogP contribution is 2.41. The Balaban J connectivity index is 1.50. The lowest BCUT2D eigenvalue weighted by molar-refractivity contribution is -0.137. The molecule has 174 valence electrons. The average Bonchev–Trinajstić information content (AvgIpc) is 3.23. The zero-order valence-corrected chi connectivity index (χ0v) is 19.4. The molecule has 10 heteroatoms. The predicted octanol–water partition coefficient (Wildman–Crippen LogP) is 3.12. The summed E-state index contributed by atoms with van der Waals surface area (Å²) in [6.45, 7) is 0.431. The monoisotopic (exact) mass is 488 g/mol. The molecular formula is C23H24N2O6S2. The van der Waals surface area contributed by atoms with Gasteiger partial charge >= 0.3 is 5.97 Å². The summed E-state index contributed by atoms with van der Waals surface area (Å²) < 4.78 is 30.2. The van der Waals surface area contributed by atoms with E-state index in [0.29, 0.717) is 17.5 Å². The van der Waals surface area contributed by atoms with Gasteiger partial charge in [0.15, 0.2) is 15.0 Å². The number of amidine groups is 1. The molecule has 2 atom stereocenters. The number of fused-ring (bicyclic) bond motifs is 1. The fraction of sp³-hybridized carbons (Fsp3) is 0.348. The number of ether oxygens (including phenoxy) is 1. The molecule has 0 aliphatic carbocycles. The summed E-state index contributed by atoms with van der Waals surface area (Å²) in [6, 6.07) is 16.8. The van der Waals surface area contributed by atoms with E-state index in [0.717, 1.165) is 11.3 Å². The van der Waals surface area contributed by atoms with Crippen molar-refractivity contribution in [3.63, 3.8) is 0 Å². The minimum atomic E-state index is -3.16. The number of amides is 1. The molecule has 0 bridgehead atoms. The van der Waals surface area contributed by atoms with Crippen LogP contribution in [-0.4, -0.2) is 53.4 Å². The van der Waals surface area contributed by atoms with Crippen LogP contribution in [0.3, 0.4) is 0 Å². The summed E-state index contributed by atoms with van der Waals surface area (Å²) in [7, 11) is -3.16. The maximum Gasteiger partial charge on any atom is 0.303 e. The van der Waals surface area contributed by atoms with Crippen LogP contribution in [0, 0.1) is 0 Å². The summed E-state index contributed by atoms with van der Waals surface area (Å²) in [6.07, 6.45) is 0.149. The van der Waals surface area contributed by atoms with Crippen LogP contribution in [0.4, 0.5) is 5.69 Å². The lowest BCUT2D eigenvalue weighted by atomic mass is 10.2. The maximum absolute atomic E-state index is 12.3. The Morgan fingerprint density at radius 2 is 1.79 bits per heavy atom. The molecule has 0 unspecified atom stereocenters. The smallest absolute Gasteiger partial charge is 0.303 e. The van der Waals surface area contributed by atoms with Crippen molar-refractivity contribution in [1.82, 2.24) is 0 Å². The van der Waals surface area contributed by atoms with E-state index < -0.39 is 21.7 Å². The second-order valence-electron chi connectivity index (χ2n) is 7.97. The Kier molecular flexibility index (Phi) is 7.04. The van der Waals surface area contributed by atoms with Crippen molar-refractivity contribution >= 4 is 44.3 Å². The number of carboxylic acid groups (broad SMARTS) is 1. The Bertz CT molecular complexity index is 1150. The van der Waals surface area contributed by atoms with E-state index >= 15 is 0 Å². The molecule has 33 heavy (non-hydrogen) atoms. The van der Waals surface area contributed by atoms with Crippen LogP contribution >= 0.6 is 11.8 Å². The van der Waals surface area contributed by atoms with Gasteiger partial charge in [-0.25, -0.2) is 8.42 Å². The molecule has 0 radical (unpaired) electrons. The molecule has 2 fully saturated rings. The van der Waals surface area contributed by atoms with Crippen LogP contribution in [0.1, 0.15) is 24.8 Å². The first kappa shape index (κ1) is 23.3. The molecule has 1 amide bonds. The van der Waals surface area contributed by atoms with E-state index in [9.17, 15) is 18.0 Å². The highest BCUT2D eigenvalue weighted by Gasteiger charge is 2.49. The maximum atomic E-state index is 12.3. The highest BCUT2D eigenvalue weighted by atomic mass is 32.2. The summed E-state index contributed by atoms with van der Waals surface area (Å²) in [4.78, 5) is 29.0. The Morgan fingerprint density at radius 3 is 2.48 bits per heavy atom. The van der Waals surface area contributed by atoms with Crippen molar-refractivity contribution in [1.29, 1.82) is 0 Å². The number of anilines is 1. The fourth-order valence-corrected chi connectivity index (χ4v) is 7.79. The number of thioether (sulfide) groups is 1. The summed E-state index contributed by atoms with van der Waals surface area (Å²) >= 11 is 1.29. The molecule has 0 saturated carbocycles. The third kappa shape index (κ3) is 5.94. The van der Waals surface area contributed by atoms with Gasteiger partial charge in [0.1, 0.15) is 12.4 Å². The van der Waals surface area contributed by atoms with Crippen molar-refractivity contribution in [2.24, 2.45) is 4.99 Å². The molecule has 2 aliphatic rings. The summed E-state index contributed by atoms with van der Waals surface area (Å²) in [5.41, 5.74) is 1.78. The number of carbonyl (C=O) groups excluding carboxylic acids is 1. The second kappa shape index (κ2) is 9.96. The Hall–Kier alpha value is -2.85. The van der Waals surface area contributed by atoms with E-state index in [1.54, 1.807) is 0 Å². The van der Waals surface area contributed by atoms with Crippen LogP contribution < -0.4 is 9.64 Å². The standard InChI is InChI=1S/C23H24N2O6S2/c26-21(7-4-8-22(27)28)24-23-25(19-14-33(29,30)15-20(19)32-23)17-9-11-18(12-10-17)31-13-16-5-2-1-3-6-16/h1-3,5-6,9-12,19-20H,4,7-8,13-15H2,(H,27,28)/t19-,20+/m0/s1. The number of carboxylic acids is 1. The van der Waals surface area contributed by atoms with Gasteiger partial charge in [-0.2, -0.15) is 4.99 Å². The number of aliphatic carboxylic acids is 1. The number of carbonyl (C=O) groups is 2. The van der Waals surface area contributed by atoms with Crippen LogP contribution in [0.2, 0.25) is 0 Å². The largest absolute Gasteiger partial charge is 0.489 e. The van der Waals surface area contributed by atoms with Gasteiger partial charge in [-0.05, 0) is 36.2 Å². The highest BCUT2D eigenvalue weighted by molar-refractivity contribution is 8.16. The molecule has 2 heterocycles. The van der Waals surface area contributed by atoms with E-state index in [1.165, 1.54) is 11.8 Å². The number of rotatable bonds is 8. The van der Waals surface area contributed by atoms with Gasteiger partial charge < -0.3 is 14.7 Å². The number of hydrogen-bond acceptors (Lipinski definition) is 6. The van der Waals surface area contributed by atoms with Crippen molar-refractivity contribution < 1.29 is 27.9 Å². The lowest BCUT2D eigenvalue weighted by Crippen LogP contribution is -2.37. The molecule has 0 spiro atoms. The number of sulfone groups is 1. The zero-order valence-electron chi connectivity index (χ0n) is 17.8. The van der Waals surface area contributed by atoms with Crippen LogP contribution in [-0.2, 0) is 26.0 Å². The summed E-state index contributed by atoms with van der Waals surface area (Å²) in [5.74, 6) is -0.642. The van der Waals surface area contributed by atoms with Crippen molar-refractivity contribution in [2.75, 3.05) is 16.4 Å². The first-order valence-corrected chi connectivity index (χ1v) is 13.3. The molecular weight excluding hydrogens is 464 g/mol. The first-order chi connectivity index (χ1) is 15.8. The second-order valence-corrected chi connectivity index (χ2v) is 11.3. The van der Waals surface area contributed by atoms with Crippen LogP contribution in [0.15, 0.2) is 59.6 Å². The fourth-order valence-electron chi connectivity index (χ4n) is 3.86. The number of benzene rings is 2. The molecule has 4 rings (SSSR count). The quantitative estimate of drug-likeness (QED) is 0.603. The minimum Gasteiger partial charge on any atom is -0.489 e. The van der Waals surface area contributed by atoms with E-state index in [2.05, 4.69) is 4.99 Å². The molecule has 2 saturated heterocycles. The molecule has 0 aromatic heterocycles. The van der Waals surface area contributed by atoms with Crippen molar-refractivity contribution in [3.8, 4) is 5.75 Å². The molecule has 2 aliphatic heterocycles. The number of hydrogen-bond donors (Lipinski definition) is 1. The van der Waals surface area contributed by atoms with Gasteiger partial charge in [0.2, 0.25) is 5.91 Å². The van der Waals surface area contributed by atoms with Crippen molar-refractivity contribution in [3.05, 3.63) is 60.2 Å². The van der Waals surface area contributed by atoms with E-state index in [-0.39, 0.29) is 42.1 Å². The molecule has 8 nitrogen and oxygen atoms in total. The van der Waals surface area contributed by atoms with Gasteiger partial charge in [0.05, 0.1) is 17.5 Å². The topological polar surface area (TPSA) is 113 Å². The van der Waals surface area contributed by atoms with Crippen molar-refractivity contribution in [2.45, 2.75) is 37.2 Å².